The Kier molecular flexibility index (Phi) is 6.42. The van der Waals surface area contributed by atoms with Gasteiger partial charge in [0, 0.05) is 17.6 Å². The number of H-pyrrole nitrogens is 1. The van der Waals surface area contributed by atoms with Gasteiger partial charge in [-0.25, -0.2) is 0 Å². The Hall–Kier alpha value is -3.84. The molecule has 0 saturated carbocycles. The fourth-order valence-corrected chi connectivity index (χ4v) is 4.56. The number of aryl methyl sites for hydroxylation is 1. The van der Waals surface area contributed by atoms with Gasteiger partial charge in [-0.05, 0) is 72.9 Å². The van der Waals surface area contributed by atoms with Gasteiger partial charge >= 0.3 is 0 Å². The van der Waals surface area contributed by atoms with Crippen LogP contribution in [-0.4, -0.2) is 21.8 Å². The fraction of sp³-hybridized carbons (Fsp3) is 0.214. The molecule has 0 fully saturated rings. The number of aromatic amines is 1. The van der Waals surface area contributed by atoms with Gasteiger partial charge in [-0.15, -0.1) is 0 Å². The summed E-state index contributed by atoms with van der Waals surface area (Å²) in [5, 5.41) is 5.02. The summed E-state index contributed by atoms with van der Waals surface area (Å²) in [5.74, 6) is 1.46. The average molecular weight is 486 g/mol. The fourth-order valence-electron chi connectivity index (χ4n) is 4.26. The van der Waals surface area contributed by atoms with E-state index in [9.17, 15) is 4.79 Å². The summed E-state index contributed by atoms with van der Waals surface area (Å²) in [5.41, 5.74) is 4.65. The Balaban J connectivity index is 1.44. The Bertz CT molecular complexity index is 1430. The second-order valence-corrected chi connectivity index (χ2v) is 9.23. The molecule has 7 heteroatoms. The largest absolute Gasteiger partial charge is 0.454 e. The van der Waals surface area contributed by atoms with Crippen molar-refractivity contribution < 1.29 is 9.47 Å². The highest BCUT2D eigenvalue weighted by Gasteiger charge is 2.19. The van der Waals surface area contributed by atoms with Crippen molar-refractivity contribution in [3.63, 3.8) is 0 Å². The molecule has 1 aliphatic rings. The number of ether oxygens (including phenoxy) is 2. The molecular formula is C28H27N3O3S. The molecular weight excluding hydrogens is 458 g/mol. The molecule has 3 aromatic carbocycles. The molecule has 6 nitrogen and oxygen atoms in total. The Labute approximate surface area is 209 Å². The Morgan fingerprint density at radius 1 is 1.03 bits per heavy atom. The van der Waals surface area contributed by atoms with Gasteiger partial charge in [0.15, 0.2) is 16.6 Å². The summed E-state index contributed by atoms with van der Waals surface area (Å²) in [6.07, 6.45) is 0. The third-order valence-corrected chi connectivity index (χ3v) is 6.55. The van der Waals surface area contributed by atoms with Crippen LogP contribution in [-0.2, 0) is 13.1 Å². The summed E-state index contributed by atoms with van der Waals surface area (Å²) in [6, 6.07) is 24.0. The molecule has 1 aliphatic heterocycles. The van der Waals surface area contributed by atoms with Crippen molar-refractivity contribution in [3.8, 4) is 11.5 Å². The van der Waals surface area contributed by atoms with Crippen molar-refractivity contribution >= 4 is 28.2 Å². The minimum absolute atomic E-state index is 0.0143. The van der Waals surface area contributed by atoms with Gasteiger partial charge in [0.05, 0.1) is 12.6 Å². The van der Waals surface area contributed by atoms with Gasteiger partial charge in [-0.3, -0.25) is 4.79 Å². The second kappa shape index (κ2) is 9.80. The number of nitrogens with zero attached hydrogens (tertiary/aromatic N) is 1. The summed E-state index contributed by atoms with van der Waals surface area (Å²) in [6.45, 7) is 5.21. The van der Waals surface area contributed by atoms with Crippen LogP contribution in [0.15, 0.2) is 77.6 Å². The van der Waals surface area contributed by atoms with Crippen LogP contribution in [0.5, 0.6) is 11.5 Å². The van der Waals surface area contributed by atoms with E-state index in [0.29, 0.717) is 23.8 Å². The molecule has 0 spiro atoms. The average Bonchev–Trinajstić information content (AvgIpc) is 3.32. The summed E-state index contributed by atoms with van der Waals surface area (Å²) >= 11 is 5.86. The van der Waals surface area contributed by atoms with E-state index in [1.54, 1.807) is 0 Å². The van der Waals surface area contributed by atoms with Crippen LogP contribution < -0.4 is 20.3 Å². The SMILES string of the molecule is Cc1ccc2[nH]c(=O)c(CN(Cc3ccc4c(c3)OCO4)C(=S)NC(C)c3ccccc3)cc2c1. The van der Waals surface area contributed by atoms with E-state index < -0.39 is 0 Å². The van der Waals surface area contributed by atoms with Gasteiger partial charge in [0.25, 0.3) is 5.56 Å². The standard InChI is InChI=1S/C28H27N3O3S/c1-18-8-10-24-22(12-18)14-23(27(32)30-24)16-31(15-20-9-11-25-26(13-20)34-17-33-25)28(35)29-19(2)21-6-4-3-5-7-21/h3-14,19H,15-17H2,1-2H3,(H,29,35)(H,30,32). The van der Waals surface area contributed by atoms with E-state index >= 15 is 0 Å². The zero-order chi connectivity index (χ0) is 24.4. The van der Waals surface area contributed by atoms with Crippen LogP contribution in [0.3, 0.4) is 0 Å². The van der Waals surface area contributed by atoms with Crippen molar-refractivity contribution in [2.45, 2.75) is 33.0 Å². The third-order valence-electron chi connectivity index (χ3n) is 6.18. The number of thiocarbonyl (C=S) groups is 1. The van der Waals surface area contributed by atoms with Crippen LogP contribution in [0.25, 0.3) is 10.9 Å². The lowest BCUT2D eigenvalue weighted by atomic mass is 10.1. The van der Waals surface area contributed by atoms with Gasteiger partial charge in [0.1, 0.15) is 0 Å². The highest BCUT2D eigenvalue weighted by atomic mass is 32.1. The Morgan fingerprint density at radius 3 is 2.66 bits per heavy atom. The van der Waals surface area contributed by atoms with Crippen molar-refractivity contribution in [3.05, 3.63) is 105 Å². The highest BCUT2D eigenvalue weighted by Crippen LogP contribution is 2.33. The van der Waals surface area contributed by atoms with Crippen LogP contribution in [0.4, 0.5) is 0 Å². The van der Waals surface area contributed by atoms with Crippen LogP contribution in [0, 0.1) is 6.92 Å². The predicted molar refractivity (Wildman–Crippen MR) is 142 cm³/mol. The molecule has 1 atom stereocenters. The molecule has 4 aromatic rings. The molecule has 2 N–H and O–H groups in total. The van der Waals surface area contributed by atoms with Crippen LogP contribution in [0.2, 0.25) is 0 Å². The number of hydrogen-bond donors (Lipinski definition) is 2. The van der Waals surface area contributed by atoms with E-state index in [0.717, 1.165) is 39.1 Å². The molecule has 5 rings (SSSR count). The van der Waals surface area contributed by atoms with Gasteiger partial charge in [0.2, 0.25) is 6.79 Å². The molecule has 0 saturated heterocycles. The van der Waals surface area contributed by atoms with Crippen molar-refractivity contribution in [2.24, 2.45) is 0 Å². The lowest BCUT2D eigenvalue weighted by Gasteiger charge is -2.28. The summed E-state index contributed by atoms with van der Waals surface area (Å²) < 4.78 is 11.0. The lowest BCUT2D eigenvalue weighted by molar-refractivity contribution is 0.174. The first-order chi connectivity index (χ1) is 17.0. The van der Waals surface area contributed by atoms with Crippen LogP contribution >= 0.6 is 12.2 Å². The van der Waals surface area contributed by atoms with E-state index in [1.807, 2.05) is 66.4 Å². The Morgan fingerprint density at radius 2 is 1.83 bits per heavy atom. The van der Waals surface area contributed by atoms with E-state index in [4.69, 9.17) is 21.7 Å². The smallest absolute Gasteiger partial charge is 0.253 e. The number of hydrogen-bond acceptors (Lipinski definition) is 4. The third kappa shape index (κ3) is 5.15. The van der Waals surface area contributed by atoms with Crippen molar-refractivity contribution in [1.82, 2.24) is 15.2 Å². The zero-order valence-corrected chi connectivity index (χ0v) is 20.5. The second-order valence-electron chi connectivity index (χ2n) is 8.84. The maximum absolute atomic E-state index is 12.9. The van der Waals surface area contributed by atoms with E-state index in [1.165, 1.54) is 0 Å². The number of aromatic nitrogens is 1. The number of rotatable bonds is 6. The molecule has 0 amide bonds. The number of nitrogens with one attached hydrogen (secondary N) is 2. The molecule has 0 bridgehead atoms. The molecule has 1 unspecified atom stereocenters. The summed E-state index contributed by atoms with van der Waals surface area (Å²) in [4.78, 5) is 18.0. The van der Waals surface area contributed by atoms with E-state index in [2.05, 4.69) is 35.4 Å². The zero-order valence-electron chi connectivity index (χ0n) is 19.7. The molecule has 1 aromatic heterocycles. The van der Waals surface area contributed by atoms with E-state index in [-0.39, 0.29) is 18.4 Å². The minimum Gasteiger partial charge on any atom is -0.454 e. The van der Waals surface area contributed by atoms with Gasteiger partial charge < -0.3 is 24.7 Å². The predicted octanol–water partition coefficient (Wildman–Crippen LogP) is 5.20. The first-order valence-corrected chi connectivity index (χ1v) is 12.0. The molecule has 35 heavy (non-hydrogen) atoms. The molecule has 0 aliphatic carbocycles. The van der Waals surface area contributed by atoms with Gasteiger partial charge in [-0.1, -0.05) is 48.0 Å². The maximum Gasteiger partial charge on any atom is 0.253 e. The van der Waals surface area contributed by atoms with Crippen LogP contribution in [0.1, 0.15) is 35.2 Å². The first kappa shape index (κ1) is 22.9. The maximum atomic E-state index is 12.9. The van der Waals surface area contributed by atoms with Gasteiger partial charge in [-0.2, -0.15) is 0 Å². The normalized spacial score (nSPS) is 13.0. The number of pyridine rings is 1. The first-order valence-electron chi connectivity index (χ1n) is 11.6. The monoisotopic (exact) mass is 485 g/mol. The molecule has 2 heterocycles. The topological polar surface area (TPSA) is 66.6 Å². The highest BCUT2D eigenvalue weighted by molar-refractivity contribution is 7.80. The molecule has 178 valence electrons. The summed E-state index contributed by atoms with van der Waals surface area (Å²) in [7, 11) is 0. The molecule has 0 radical (unpaired) electrons. The number of benzene rings is 3. The number of fused-ring (bicyclic) bond motifs is 2. The lowest BCUT2D eigenvalue weighted by Crippen LogP contribution is -2.41. The van der Waals surface area contributed by atoms with Crippen molar-refractivity contribution in [2.75, 3.05) is 6.79 Å². The van der Waals surface area contributed by atoms with Crippen molar-refractivity contribution in [1.29, 1.82) is 0 Å². The quantitative estimate of drug-likeness (QED) is 0.366. The minimum atomic E-state index is -0.115.